The number of benzene rings is 2. The van der Waals surface area contributed by atoms with Crippen molar-refractivity contribution in [1.29, 1.82) is 0 Å². The first-order chi connectivity index (χ1) is 9.81. The molecule has 0 aliphatic heterocycles. The van der Waals surface area contributed by atoms with Gasteiger partial charge in [0.15, 0.2) is 0 Å². The number of nitrogen functional groups attached to an aromatic ring is 1. The van der Waals surface area contributed by atoms with E-state index in [0.29, 0.717) is 16.3 Å². The maximum absolute atomic E-state index is 14.0. The molecule has 21 heavy (non-hydrogen) atoms. The van der Waals surface area contributed by atoms with E-state index >= 15 is 0 Å². The van der Waals surface area contributed by atoms with Crippen molar-refractivity contribution in [3.63, 3.8) is 0 Å². The monoisotopic (exact) mass is 326 g/mol. The van der Waals surface area contributed by atoms with Crippen molar-refractivity contribution in [2.45, 2.75) is 13.8 Å². The fourth-order valence-corrected chi connectivity index (χ4v) is 2.38. The first-order valence-electron chi connectivity index (χ1n) is 6.13. The summed E-state index contributed by atoms with van der Waals surface area (Å²) in [6, 6.07) is 6.07. The molecule has 0 saturated carbocycles. The fourth-order valence-electron chi connectivity index (χ4n) is 1.91. The molecule has 0 bridgehead atoms. The van der Waals surface area contributed by atoms with E-state index < -0.39 is 11.7 Å². The van der Waals surface area contributed by atoms with Gasteiger partial charge >= 0.3 is 0 Å². The molecule has 2 aromatic carbocycles. The van der Waals surface area contributed by atoms with Gasteiger partial charge in [-0.2, -0.15) is 0 Å². The molecule has 110 valence electrons. The average Bonchev–Trinajstić information content (AvgIpc) is 2.43. The molecule has 3 N–H and O–H groups in total. The smallest absolute Gasteiger partial charge is 0.258 e. The molecule has 0 saturated heterocycles. The minimum Gasteiger partial charge on any atom is -0.399 e. The summed E-state index contributed by atoms with van der Waals surface area (Å²) in [7, 11) is 0. The number of hydrogen-bond acceptors (Lipinski definition) is 2. The highest BCUT2D eigenvalue weighted by Gasteiger charge is 2.18. The van der Waals surface area contributed by atoms with Gasteiger partial charge in [-0.05, 0) is 43.2 Å². The molecule has 0 aliphatic rings. The van der Waals surface area contributed by atoms with Crippen LogP contribution in [0.25, 0.3) is 0 Å². The standard InChI is InChI=1S/C15H13Cl2FN2O/c1-7-3-4-11(16)14(12(7)17)20-15(21)10-6-9(19)5-8(2)13(10)18/h3-6H,19H2,1-2H3,(H,20,21). The lowest BCUT2D eigenvalue weighted by Crippen LogP contribution is -2.15. The lowest BCUT2D eigenvalue weighted by molar-refractivity contribution is 0.102. The van der Waals surface area contributed by atoms with Gasteiger partial charge in [0.05, 0.1) is 21.3 Å². The average molecular weight is 327 g/mol. The predicted octanol–water partition coefficient (Wildman–Crippen LogP) is 4.58. The van der Waals surface area contributed by atoms with Gasteiger partial charge in [-0.1, -0.05) is 29.3 Å². The Balaban J connectivity index is 2.42. The van der Waals surface area contributed by atoms with Gasteiger partial charge in [-0.3, -0.25) is 4.79 Å². The molecule has 6 heteroatoms. The molecular weight excluding hydrogens is 314 g/mol. The Morgan fingerprint density at radius 3 is 2.52 bits per heavy atom. The van der Waals surface area contributed by atoms with Crippen molar-refractivity contribution in [1.82, 2.24) is 0 Å². The Morgan fingerprint density at radius 1 is 1.19 bits per heavy atom. The second-order valence-corrected chi connectivity index (χ2v) is 5.49. The lowest BCUT2D eigenvalue weighted by atomic mass is 10.1. The van der Waals surface area contributed by atoms with Crippen LogP contribution in [0.4, 0.5) is 15.8 Å². The molecule has 0 unspecified atom stereocenters. The Bertz CT molecular complexity index is 732. The maximum Gasteiger partial charge on any atom is 0.258 e. The zero-order valence-corrected chi connectivity index (χ0v) is 12.9. The zero-order chi connectivity index (χ0) is 15.7. The van der Waals surface area contributed by atoms with Crippen LogP contribution in [-0.4, -0.2) is 5.91 Å². The Labute approximate surface area is 131 Å². The van der Waals surface area contributed by atoms with Gasteiger partial charge in [-0.25, -0.2) is 4.39 Å². The van der Waals surface area contributed by atoms with E-state index in [1.54, 1.807) is 19.1 Å². The molecule has 1 amide bonds. The number of carbonyl (C=O) groups excluding carboxylic acids is 1. The zero-order valence-electron chi connectivity index (χ0n) is 11.4. The van der Waals surface area contributed by atoms with Crippen molar-refractivity contribution in [3.05, 3.63) is 56.8 Å². The summed E-state index contributed by atoms with van der Waals surface area (Å²) < 4.78 is 14.0. The van der Waals surface area contributed by atoms with Crippen LogP contribution >= 0.6 is 23.2 Å². The van der Waals surface area contributed by atoms with E-state index in [2.05, 4.69) is 5.32 Å². The van der Waals surface area contributed by atoms with Crippen LogP contribution in [0.2, 0.25) is 10.0 Å². The molecule has 0 spiro atoms. The largest absolute Gasteiger partial charge is 0.399 e. The number of halogens is 3. The number of amides is 1. The summed E-state index contributed by atoms with van der Waals surface area (Å²) in [4.78, 5) is 12.2. The summed E-state index contributed by atoms with van der Waals surface area (Å²) in [6.45, 7) is 3.31. The molecule has 2 rings (SSSR count). The van der Waals surface area contributed by atoms with Crippen molar-refractivity contribution in [2.24, 2.45) is 0 Å². The molecule has 2 aromatic rings. The molecule has 0 fully saturated rings. The van der Waals surface area contributed by atoms with Crippen LogP contribution < -0.4 is 11.1 Å². The first-order valence-corrected chi connectivity index (χ1v) is 6.88. The van der Waals surface area contributed by atoms with E-state index in [-0.39, 0.29) is 16.3 Å². The van der Waals surface area contributed by atoms with Gasteiger partial charge in [-0.15, -0.1) is 0 Å². The van der Waals surface area contributed by atoms with Gasteiger partial charge in [0.1, 0.15) is 5.82 Å². The van der Waals surface area contributed by atoms with Crippen molar-refractivity contribution >= 4 is 40.5 Å². The number of anilines is 2. The number of rotatable bonds is 2. The van der Waals surface area contributed by atoms with Crippen molar-refractivity contribution in [2.75, 3.05) is 11.1 Å². The number of hydrogen-bond donors (Lipinski definition) is 2. The third-order valence-corrected chi connectivity index (χ3v) is 3.85. The molecule has 0 radical (unpaired) electrons. The summed E-state index contributed by atoms with van der Waals surface area (Å²) in [5.74, 6) is -1.28. The molecule has 3 nitrogen and oxygen atoms in total. The third kappa shape index (κ3) is 3.12. The lowest BCUT2D eigenvalue weighted by Gasteiger charge is -2.12. The summed E-state index contributed by atoms with van der Waals surface area (Å²) in [5.41, 5.74) is 7.10. The third-order valence-electron chi connectivity index (χ3n) is 3.04. The highest BCUT2D eigenvalue weighted by atomic mass is 35.5. The van der Waals surface area contributed by atoms with Gasteiger partial charge < -0.3 is 11.1 Å². The maximum atomic E-state index is 14.0. The quantitative estimate of drug-likeness (QED) is 0.793. The van der Waals surface area contributed by atoms with E-state index in [1.165, 1.54) is 19.1 Å². The summed E-state index contributed by atoms with van der Waals surface area (Å²) in [5, 5.41) is 3.13. The van der Waals surface area contributed by atoms with Crippen LogP contribution in [0, 0.1) is 19.7 Å². The number of nitrogens with two attached hydrogens (primary N) is 1. The van der Waals surface area contributed by atoms with Crippen molar-refractivity contribution in [3.8, 4) is 0 Å². The second-order valence-electron chi connectivity index (χ2n) is 4.71. The molecular formula is C15H13Cl2FN2O. The van der Waals surface area contributed by atoms with E-state index in [4.69, 9.17) is 28.9 Å². The Morgan fingerprint density at radius 2 is 1.86 bits per heavy atom. The van der Waals surface area contributed by atoms with Crippen LogP contribution in [0.5, 0.6) is 0 Å². The van der Waals surface area contributed by atoms with Gasteiger partial charge in [0, 0.05) is 5.69 Å². The summed E-state index contributed by atoms with van der Waals surface area (Å²) >= 11 is 12.1. The van der Waals surface area contributed by atoms with E-state index in [0.717, 1.165) is 5.56 Å². The van der Waals surface area contributed by atoms with E-state index in [1.807, 2.05) is 0 Å². The number of nitrogens with one attached hydrogen (secondary N) is 1. The normalized spacial score (nSPS) is 10.5. The Hall–Kier alpha value is -1.78. The summed E-state index contributed by atoms with van der Waals surface area (Å²) in [6.07, 6.45) is 0. The van der Waals surface area contributed by atoms with Crippen LogP contribution in [0.3, 0.4) is 0 Å². The number of aryl methyl sites for hydroxylation is 2. The predicted molar refractivity (Wildman–Crippen MR) is 84.7 cm³/mol. The molecule has 0 aromatic heterocycles. The fraction of sp³-hybridized carbons (Fsp3) is 0.133. The second kappa shape index (κ2) is 5.92. The van der Waals surface area contributed by atoms with E-state index in [9.17, 15) is 9.18 Å². The molecule has 0 aliphatic carbocycles. The minimum atomic E-state index is -0.655. The highest BCUT2D eigenvalue weighted by molar-refractivity contribution is 6.40. The SMILES string of the molecule is Cc1cc(N)cc(C(=O)Nc2c(Cl)ccc(C)c2Cl)c1F. The minimum absolute atomic E-state index is 0.152. The van der Waals surface area contributed by atoms with Crippen molar-refractivity contribution < 1.29 is 9.18 Å². The van der Waals surface area contributed by atoms with Crippen LogP contribution in [0.15, 0.2) is 24.3 Å². The van der Waals surface area contributed by atoms with Crippen LogP contribution in [0.1, 0.15) is 21.5 Å². The van der Waals surface area contributed by atoms with Crippen LogP contribution in [-0.2, 0) is 0 Å². The molecule has 0 atom stereocenters. The Kier molecular flexibility index (Phi) is 4.40. The van der Waals surface area contributed by atoms with Gasteiger partial charge in [0.2, 0.25) is 0 Å². The number of carbonyl (C=O) groups is 1. The molecule has 0 heterocycles. The topological polar surface area (TPSA) is 55.1 Å². The first kappa shape index (κ1) is 15.6. The highest BCUT2D eigenvalue weighted by Crippen LogP contribution is 2.33. The van der Waals surface area contributed by atoms with Gasteiger partial charge in [0.25, 0.3) is 5.91 Å².